The molecular formula is C25H27N2O3S+. The third kappa shape index (κ3) is 3.30. The van der Waals surface area contributed by atoms with E-state index in [1.165, 1.54) is 11.1 Å². The smallest absolute Gasteiger partial charge is 0.285 e. The van der Waals surface area contributed by atoms with Crippen molar-refractivity contribution in [2.24, 2.45) is 0 Å². The van der Waals surface area contributed by atoms with Gasteiger partial charge in [0.1, 0.15) is 18.0 Å². The van der Waals surface area contributed by atoms with Crippen LogP contribution in [0.5, 0.6) is 0 Å². The van der Waals surface area contributed by atoms with Gasteiger partial charge in [-0.2, -0.15) is 12.3 Å². The SMILES string of the molecule is O=C[N+]1(S(=O)(=O)c2cccc3ccccc23)CCN(C2CCCc3ccccc32)CC1. The van der Waals surface area contributed by atoms with Gasteiger partial charge in [-0.05, 0) is 41.8 Å². The van der Waals surface area contributed by atoms with Crippen molar-refractivity contribution in [3.8, 4) is 0 Å². The lowest BCUT2D eigenvalue weighted by Gasteiger charge is -2.43. The predicted molar refractivity (Wildman–Crippen MR) is 121 cm³/mol. The first kappa shape index (κ1) is 20.4. The van der Waals surface area contributed by atoms with Gasteiger partial charge in [0.15, 0.2) is 0 Å². The number of fused-ring (bicyclic) bond motifs is 2. The summed E-state index contributed by atoms with van der Waals surface area (Å²) in [6.07, 6.45) is 3.96. The number of nitrogens with zero attached hydrogens (tertiary/aromatic N) is 2. The van der Waals surface area contributed by atoms with Crippen LogP contribution in [0.3, 0.4) is 0 Å². The maximum atomic E-state index is 13.8. The van der Waals surface area contributed by atoms with Crippen molar-refractivity contribution < 1.29 is 17.1 Å². The predicted octanol–water partition coefficient (Wildman–Crippen LogP) is 3.89. The summed E-state index contributed by atoms with van der Waals surface area (Å²) in [4.78, 5) is 14.9. The molecule has 0 saturated carbocycles. The fourth-order valence-corrected chi connectivity index (χ4v) is 7.12. The van der Waals surface area contributed by atoms with Crippen LogP contribution in [-0.4, -0.2) is 49.8 Å². The number of hydrogen-bond acceptors (Lipinski definition) is 4. The van der Waals surface area contributed by atoms with E-state index >= 15 is 0 Å². The molecule has 1 saturated heterocycles. The fraction of sp³-hybridized carbons (Fsp3) is 0.320. The molecule has 5 rings (SSSR count). The van der Waals surface area contributed by atoms with Gasteiger partial charge < -0.3 is 0 Å². The Hall–Kier alpha value is -2.54. The first-order valence-electron chi connectivity index (χ1n) is 10.9. The molecule has 3 aromatic carbocycles. The zero-order chi connectivity index (χ0) is 21.5. The largest absolute Gasteiger partial charge is 0.334 e. The van der Waals surface area contributed by atoms with Crippen LogP contribution in [-0.2, 0) is 21.2 Å². The second-order valence-electron chi connectivity index (χ2n) is 8.60. The quantitative estimate of drug-likeness (QED) is 0.461. The Morgan fingerprint density at radius 3 is 2.42 bits per heavy atom. The Balaban J connectivity index is 1.45. The van der Waals surface area contributed by atoms with E-state index in [4.69, 9.17) is 0 Å². The van der Waals surface area contributed by atoms with Crippen LogP contribution < -0.4 is 0 Å². The standard InChI is InChI=1S/C25H27N2O3S/c28-19-27(31(29,30)25-14-6-10-21-8-2-4-12-23(21)25)17-15-26(16-18-27)24-13-5-9-20-7-1-3-11-22(20)24/h1-4,6-8,10-12,14,19,24H,5,9,13,15-18H2/q+1. The number of quaternary nitrogens is 1. The van der Waals surface area contributed by atoms with Crippen molar-refractivity contribution in [2.45, 2.75) is 30.2 Å². The first-order chi connectivity index (χ1) is 15.1. The van der Waals surface area contributed by atoms with E-state index in [9.17, 15) is 13.2 Å². The third-order valence-electron chi connectivity index (χ3n) is 7.01. The number of hydrogen-bond donors (Lipinski definition) is 0. The van der Waals surface area contributed by atoms with E-state index in [1.807, 2.05) is 30.3 Å². The van der Waals surface area contributed by atoms with Crippen molar-refractivity contribution in [1.29, 1.82) is 0 Å². The van der Waals surface area contributed by atoms with Gasteiger partial charge in [-0.15, -0.1) is 0 Å². The van der Waals surface area contributed by atoms with Crippen LogP contribution in [0.4, 0.5) is 0 Å². The van der Waals surface area contributed by atoms with Crippen molar-refractivity contribution in [3.63, 3.8) is 0 Å². The van der Waals surface area contributed by atoms with Gasteiger partial charge in [-0.25, -0.2) is 4.79 Å². The van der Waals surface area contributed by atoms with Crippen molar-refractivity contribution in [3.05, 3.63) is 77.9 Å². The molecule has 31 heavy (non-hydrogen) atoms. The molecule has 0 N–H and O–H groups in total. The number of piperazine rings is 1. The lowest BCUT2D eigenvalue weighted by Crippen LogP contribution is -2.62. The average molecular weight is 436 g/mol. The van der Waals surface area contributed by atoms with Crippen molar-refractivity contribution in [2.75, 3.05) is 26.2 Å². The molecule has 160 valence electrons. The van der Waals surface area contributed by atoms with Gasteiger partial charge in [-0.3, -0.25) is 4.90 Å². The van der Waals surface area contributed by atoms with E-state index in [-0.39, 0.29) is 18.0 Å². The molecule has 1 amide bonds. The zero-order valence-electron chi connectivity index (χ0n) is 17.5. The molecule has 0 aromatic heterocycles. The van der Waals surface area contributed by atoms with Crippen LogP contribution in [0.1, 0.15) is 30.0 Å². The topological polar surface area (TPSA) is 54.5 Å². The third-order valence-corrected chi connectivity index (χ3v) is 9.33. The number of carbonyl (C=O) groups excluding carboxylic acids is 1. The monoisotopic (exact) mass is 435 g/mol. The van der Waals surface area contributed by atoms with Crippen molar-refractivity contribution in [1.82, 2.24) is 4.90 Å². The summed E-state index contributed by atoms with van der Waals surface area (Å²) in [6, 6.07) is 21.6. The first-order valence-corrected chi connectivity index (χ1v) is 12.4. The van der Waals surface area contributed by atoms with Gasteiger partial charge in [0.25, 0.3) is 0 Å². The number of amides is 1. The van der Waals surface area contributed by atoms with Crippen LogP contribution in [0.15, 0.2) is 71.6 Å². The number of benzene rings is 3. The molecule has 1 aliphatic heterocycles. The fourth-order valence-electron chi connectivity index (χ4n) is 5.26. The highest BCUT2D eigenvalue weighted by molar-refractivity contribution is 7.86. The highest BCUT2D eigenvalue weighted by Gasteiger charge is 2.47. The molecule has 0 bridgehead atoms. The molecule has 1 heterocycles. The van der Waals surface area contributed by atoms with Crippen LogP contribution >= 0.6 is 0 Å². The Labute approximate surface area is 183 Å². The molecule has 0 spiro atoms. The molecule has 3 aromatic rings. The Morgan fingerprint density at radius 2 is 1.61 bits per heavy atom. The van der Waals surface area contributed by atoms with E-state index in [0.29, 0.717) is 30.9 Å². The van der Waals surface area contributed by atoms with Gasteiger partial charge in [0.2, 0.25) is 0 Å². The maximum absolute atomic E-state index is 13.8. The molecule has 1 atom stereocenters. The maximum Gasteiger partial charge on any atom is 0.334 e. The molecule has 1 unspecified atom stereocenters. The lowest BCUT2D eigenvalue weighted by atomic mass is 9.86. The highest BCUT2D eigenvalue weighted by atomic mass is 32.2. The van der Waals surface area contributed by atoms with Crippen LogP contribution in [0.2, 0.25) is 0 Å². The molecular weight excluding hydrogens is 408 g/mol. The number of aryl methyl sites for hydroxylation is 1. The average Bonchev–Trinajstić information content (AvgIpc) is 2.83. The lowest BCUT2D eigenvalue weighted by molar-refractivity contribution is -0.725. The number of carbonyl (C=O) groups is 1. The molecule has 5 nitrogen and oxygen atoms in total. The summed E-state index contributed by atoms with van der Waals surface area (Å²) >= 11 is 0. The van der Waals surface area contributed by atoms with Gasteiger partial charge >= 0.3 is 16.4 Å². The van der Waals surface area contributed by atoms with E-state index in [0.717, 1.165) is 24.6 Å². The van der Waals surface area contributed by atoms with Gasteiger partial charge in [0, 0.05) is 11.4 Å². The molecule has 1 aliphatic carbocycles. The second-order valence-corrected chi connectivity index (χ2v) is 10.7. The number of rotatable bonds is 4. The summed E-state index contributed by atoms with van der Waals surface area (Å²) in [5, 5.41) is 1.54. The highest BCUT2D eigenvalue weighted by Crippen LogP contribution is 2.37. The van der Waals surface area contributed by atoms with Gasteiger partial charge in [0.05, 0.1) is 13.1 Å². The Kier molecular flexibility index (Phi) is 5.16. The second kappa shape index (κ2) is 7.86. The minimum Gasteiger partial charge on any atom is -0.285 e. The van der Waals surface area contributed by atoms with Crippen LogP contribution in [0.25, 0.3) is 10.8 Å². The summed E-state index contributed by atoms with van der Waals surface area (Å²) < 4.78 is 27.0. The summed E-state index contributed by atoms with van der Waals surface area (Å²) in [7, 11) is -3.87. The van der Waals surface area contributed by atoms with Gasteiger partial charge in [-0.1, -0.05) is 60.7 Å². The minimum absolute atomic E-state index is 0.245. The van der Waals surface area contributed by atoms with E-state index < -0.39 is 13.9 Å². The molecule has 6 heteroatoms. The molecule has 0 radical (unpaired) electrons. The van der Waals surface area contributed by atoms with Crippen molar-refractivity contribution >= 4 is 27.2 Å². The summed E-state index contributed by atoms with van der Waals surface area (Å²) in [5.74, 6) is 0. The molecule has 1 fully saturated rings. The molecule has 2 aliphatic rings. The summed E-state index contributed by atoms with van der Waals surface area (Å²) in [6.45, 7) is 1.71. The normalized spacial score (nSPS) is 21.5. The Bertz CT molecular complexity index is 1230. The number of sulfonamides is 1. The minimum atomic E-state index is -3.87. The summed E-state index contributed by atoms with van der Waals surface area (Å²) in [5.41, 5.74) is 2.75. The van der Waals surface area contributed by atoms with E-state index in [1.54, 1.807) is 12.1 Å². The zero-order valence-corrected chi connectivity index (χ0v) is 18.3. The van der Waals surface area contributed by atoms with E-state index in [2.05, 4.69) is 29.2 Å². The Morgan fingerprint density at radius 1 is 0.903 bits per heavy atom. The van der Waals surface area contributed by atoms with Crippen LogP contribution in [0, 0.1) is 0 Å².